The maximum Gasteiger partial charge on any atom is 0.316 e. The van der Waals surface area contributed by atoms with Crippen LogP contribution in [0.2, 0.25) is 0 Å². The van der Waals surface area contributed by atoms with Crippen LogP contribution in [0.3, 0.4) is 0 Å². The monoisotopic (exact) mass is 238 g/mol. The molecule has 0 radical (unpaired) electrons. The van der Waals surface area contributed by atoms with Crippen molar-refractivity contribution in [2.75, 3.05) is 13.1 Å². The molecule has 0 bridgehead atoms. The molecule has 0 aromatic carbocycles. The van der Waals surface area contributed by atoms with E-state index in [9.17, 15) is 14.4 Å². The predicted octanol–water partition coefficient (Wildman–Crippen LogP) is -1.40. The molecule has 2 heterocycles. The smallest absolute Gasteiger partial charge is 0.316 e. The minimum atomic E-state index is -0.746. The van der Waals surface area contributed by atoms with Gasteiger partial charge in [-0.15, -0.1) is 0 Å². The van der Waals surface area contributed by atoms with Gasteiger partial charge >= 0.3 is 11.8 Å². The fourth-order valence-corrected chi connectivity index (χ4v) is 1.88. The summed E-state index contributed by atoms with van der Waals surface area (Å²) >= 11 is 0. The number of nitrogens with one attached hydrogen (secondary N) is 2. The molecule has 7 heteroatoms. The number of aliphatic imine (C=N–C) groups is 1. The average Bonchev–Trinajstić information content (AvgIpc) is 2.89. The van der Waals surface area contributed by atoms with Crippen molar-refractivity contribution in [1.29, 1.82) is 0 Å². The highest BCUT2D eigenvalue weighted by molar-refractivity contribution is 6.45. The molecule has 0 aliphatic carbocycles. The lowest BCUT2D eigenvalue weighted by molar-refractivity contribution is -0.135. The van der Waals surface area contributed by atoms with Gasteiger partial charge in [0.1, 0.15) is 6.04 Å². The second kappa shape index (κ2) is 4.52. The highest BCUT2D eigenvalue weighted by Gasteiger charge is 2.28. The first-order chi connectivity index (χ1) is 8.08. The molecule has 0 saturated carbocycles. The Labute approximate surface area is 98.3 Å². The van der Waals surface area contributed by atoms with Crippen LogP contribution in [0.15, 0.2) is 4.99 Å². The zero-order valence-electron chi connectivity index (χ0n) is 9.52. The van der Waals surface area contributed by atoms with Gasteiger partial charge in [0.15, 0.2) is 0 Å². The van der Waals surface area contributed by atoms with Crippen molar-refractivity contribution in [2.24, 2.45) is 4.99 Å². The van der Waals surface area contributed by atoms with Crippen molar-refractivity contribution >= 4 is 23.7 Å². The van der Waals surface area contributed by atoms with Crippen LogP contribution in [-0.4, -0.2) is 47.7 Å². The highest BCUT2D eigenvalue weighted by Crippen LogP contribution is 2.10. The van der Waals surface area contributed by atoms with E-state index in [1.807, 2.05) is 0 Å². The lowest BCUT2D eigenvalue weighted by Gasteiger charge is -2.17. The molecule has 1 atom stereocenters. The molecule has 2 N–H and O–H groups in total. The third-order valence-electron chi connectivity index (χ3n) is 2.77. The normalized spacial score (nSPS) is 21.2. The van der Waals surface area contributed by atoms with Gasteiger partial charge in [0, 0.05) is 13.1 Å². The third kappa shape index (κ3) is 2.43. The Hall–Kier alpha value is -1.92. The number of carbonyl (C=O) groups excluding carboxylic acids is 3. The van der Waals surface area contributed by atoms with Crippen molar-refractivity contribution in [3.8, 4) is 0 Å². The third-order valence-corrected chi connectivity index (χ3v) is 2.77. The fourth-order valence-electron chi connectivity index (χ4n) is 1.88. The molecule has 3 amide bonds. The average molecular weight is 238 g/mol. The fraction of sp³-hybridized carbons (Fsp3) is 0.600. The molecule has 2 fully saturated rings. The molecule has 2 aliphatic rings. The Morgan fingerprint density at radius 2 is 1.76 bits per heavy atom. The Kier molecular flexibility index (Phi) is 3.08. The van der Waals surface area contributed by atoms with Crippen LogP contribution in [0.25, 0.3) is 0 Å². The summed E-state index contributed by atoms with van der Waals surface area (Å²) < 4.78 is 0. The van der Waals surface area contributed by atoms with Gasteiger partial charge in [-0.05, 0) is 19.8 Å². The van der Waals surface area contributed by atoms with Crippen LogP contribution in [0.5, 0.6) is 0 Å². The van der Waals surface area contributed by atoms with Gasteiger partial charge in [0.05, 0.1) is 0 Å². The van der Waals surface area contributed by atoms with Gasteiger partial charge in [0.2, 0.25) is 11.9 Å². The number of carbonyl (C=O) groups is 3. The van der Waals surface area contributed by atoms with E-state index >= 15 is 0 Å². The summed E-state index contributed by atoms with van der Waals surface area (Å²) in [5.74, 6) is -1.51. The van der Waals surface area contributed by atoms with E-state index in [4.69, 9.17) is 0 Å². The molecule has 0 aromatic rings. The van der Waals surface area contributed by atoms with E-state index in [0.717, 1.165) is 25.9 Å². The standard InChI is InChI=1S/C10H14N4O3/c1-6(9(17)14-4-2-3-5-14)11-10-12-7(15)8(16)13-10/h6H,2-5H2,1H3,(H2,11,12,13,15,16). The molecule has 1 unspecified atom stereocenters. The molecule has 7 nitrogen and oxygen atoms in total. The van der Waals surface area contributed by atoms with Crippen LogP contribution in [0, 0.1) is 0 Å². The molecule has 17 heavy (non-hydrogen) atoms. The summed E-state index contributed by atoms with van der Waals surface area (Å²) in [6.45, 7) is 3.16. The van der Waals surface area contributed by atoms with Crippen LogP contribution < -0.4 is 10.6 Å². The van der Waals surface area contributed by atoms with E-state index < -0.39 is 17.9 Å². The minimum Gasteiger partial charge on any atom is -0.341 e. The quantitative estimate of drug-likeness (QED) is 0.580. The SMILES string of the molecule is CC(N=C1NC(=O)C(=O)N1)C(=O)N1CCCC1. The molecule has 2 saturated heterocycles. The zero-order valence-corrected chi connectivity index (χ0v) is 9.52. The van der Waals surface area contributed by atoms with E-state index in [2.05, 4.69) is 15.6 Å². The molecular weight excluding hydrogens is 224 g/mol. The van der Waals surface area contributed by atoms with E-state index in [1.54, 1.807) is 11.8 Å². The summed E-state index contributed by atoms with van der Waals surface area (Å²) in [5, 5.41) is 4.52. The Morgan fingerprint density at radius 1 is 1.24 bits per heavy atom. The zero-order chi connectivity index (χ0) is 12.4. The topological polar surface area (TPSA) is 90.9 Å². The number of likely N-dealkylation sites (tertiary alicyclic amines) is 1. The molecule has 0 spiro atoms. The highest BCUT2D eigenvalue weighted by atomic mass is 16.2. The summed E-state index contributed by atoms with van der Waals surface area (Å²) in [5.41, 5.74) is 0. The van der Waals surface area contributed by atoms with Gasteiger partial charge in [0.25, 0.3) is 0 Å². The predicted molar refractivity (Wildman–Crippen MR) is 59.0 cm³/mol. The van der Waals surface area contributed by atoms with Crippen molar-refractivity contribution in [2.45, 2.75) is 25.8 Å². The molecule has 92 valence electrons. The van der Waals surface area contributed by atoms with E-state index in [0.29, 0.717) is 0 Å². The number of guanidine groups is 1. The second-order valence-corrected chi connectivity index (χ2v) is 4.09. The van der Waals surface area contributed by atoms with Crippen LogP contribution in [0.1, 0.15) is 19.8 Å². The van der Waals surface area contributed by atoms with Crippen molar-refractivity contribution in [1.82, 2.24) is 15.5 Å². The maximum absolute atomic E-state index is 11.9. The Balaban J connectivity index is 1.98. The first kappa shape index (κ1) is 11.6. The van der Waals surface area contributed by atoms with E-state index in [1.165, 1.54) is 0 Å². The largest absolute Gasteiger partial charge is 0.341 e. The van der Waals surface area contributed by atoms with Crippen molar-refractivity contribution < 1.29 is 14.4 Å². The number of hydrogen-bond acceptors (Lipinski definition) is 4. The summed E-state index contributed by atoms with van der Waals surface area (Å²) in [6, 6.07) is -0.596. The summed E-state index contributed by atoms with van der Waals surface area (Å²) in [7, 11) is 0. The van der Waals surface area contributed by atoms with Crippen LogP contribution >= 0.6 is 0 Å². The van der Waals surface area contributed by atoms with Crippen molar-refractivity contribution in [3.05, 3.63) is 0 Å². The minimum absolute atomic E-state index is 0.0556. The van der Waals surface area contributed by atoms with E-state index in [-0.39, 0.29) is 11.9 Å². The number of amides is 3. The van der Waals surface area contributed by atoms with Gasteiger partial charge < -0.3 is 4.90 Å². The summed E-state index contributed by atoms with van der Waals surface area (Å²) in [4.78, 5) is 39.4. The number of hydrogen-bond donors (Lipinski definition) is 2. The maximum atomic E-state index is 11.9. The first-order valence-corrected chi connectivity index (χ1v) is 5.57. The molecule has 0 aromatic heterocycles. The lowest BCUT2D eigenvalue weighted by atomic mass is 10.3. The summed E-state index contributed by atoms with van der Waals surface area (Å²) in [6.07, 6.45) is 2.03. The van der Waals surface area contributed by atoms with Crippen LogP contribution in [-0.2, 0) is 14.4 Å². The van der Waals surface area contributed by atoms with Crippen LogP contribution in [0.4, 0.5) is 0 Å². The Bertz CT molecular complexity index is 380. The van der Waals surface area contributed by atoms with Crippen molar-refractivity contribution in [3.63, 3.8) is 0 Å². The number of rotatable bonds is 2. The number of nitrogens with zero attached hydrogens (tertiary/aromatic N) is 2. The first-order valence-electron chi connectivity index (χ1n) is 5.57. The van der Waals surface area contributed by atoms with Gasteiger partial charge in [-0.2, -0.15) is 0 Å². The van der Waals surface area contributed by atoms with Gasteiger partial charge in [-0.25, -0.2) is 4.99 Å². The molecule has 2 aliphatic heterocycles. The second-order valence-electron chi connectivity index (χ2n) is 4.09. The lowest BCUT2D eigenvalue weighted by Crippen LogP contribution is -2.37. The van der Waals surface area contributed by atoms with Gasteiger partial charge in [-0.3, -0.25) is 25.0 Å². The van der Waals surface area contributed by atoms with Gasteiger partial charge in [-0.1, -0.05) is 0 Å². The molecule has 2 rings (SSSR count). The Morgan fingerprint density at radius 3 is 2.29 bits per heavy atom. The molecular formula is C10H14N4O3.